The number of carbonyl (C=O) groups excluding carboxylic acids is 2. The normalized spacial score (nSPS) is 10.6. The molecule has 0 saturated carbocycles. The van der Waals surface area contributed by atoms with Gasteiger partial charge in [0, 0.05) is 24.6 Å². The van der Waals surface area contributed by atoms with Crippen molar-refractivity contribution in [3.63, 3.8) is 0 Å². The van der Waals surface area contributed by atoms with Crippen LogP contribution in [-0.4, -0.2) is 19.0 Å². The number of carbonyl (C=O) groups is 2. The van der Waals surface area contributed by atoms with E-state index < -0.39 is 5.97 Å². The molecule has 2 rings (SSSR count). The van der Waals surface area contributed by atoms with Crippen LogP contribution in [0.15, 0.2) is 35.2 Å². The van der Waals surface area contributed by atoms with Crippen molar-refractivity contribution in [1.29, 1.82) is 0 Å². The molecule has 7 nitrogen and oxygen atoms in total. The highest BCUT2D eigenvalue weighted by molar-refractivity contribution is 7.94. The molecule has 2 aromatic rings. The fourth-order valence-electron chi connectivity index (χ4n) is 2.01. The summed E-state index contributed by atoms with van der Waals surface area (Å²) in [4.78, 5) is 27.8. The van der Waals surface area contributed by atoms with Crippen LogP contribution in [0.3, 0.4) is 0 Å². The van der Waals surface area contributed by atoms with Crippen molar-refractivity contribution in [2.75, 3.05) is 12.4 Å². The molecule has 0 radical (unpaired) electrons. The van der Waals surface area contributed by atoms with E-state index in [1.807, 2.05) is 18.2 Å². The molecule has 1 N–H and O–H groups in total. The Labute approximate surface area is 136 Å². The van der Waals surface area contributed by atoms with Gasteiger partial charge in [-0.2, -0.15) is 0 Å². The molecule has 0 heterocycles. The van der Waals surface area contributed by atoms with Crippen LogP contribution in [0, 0.1) is 0 Å². The SMILES string of the molecule is COOOSc1cc(OC(C)=O)c(NC(C)=O)c2ccccc12. The lowest BCUT2D eigenvalue weighted by molar-refractivity contribution is -0.447. The summed E-state index contributed by atoms with van der Waals surface area (Å²) in [6, 6.07) is 8.88. The quantitative estimate of drug-likeness (QED) is 0.216. The molecule has 1 amide bonds. The molecule has 0 unspecified atom stereocenters. The Morgan fingerprint density at radius 1 is 1.13 bits per heavy atom. The van der Waals surface area contributed by atoms with Gasteiger partial charge in [-0.3, -0.25) is 9.59 Å². The van der Waals surface area contributed by atoms with Crippen molar-refractivity contribution >= 4 is 40.4 Å². The second-order valence-corrected chi connectivity index (χ2v) is 5.20. The van der Waals surface area contributed by atoms with Gasteiger partial charge < -0.3 is 10.1 Å². The molecule has 0 saturated heterocycles. The molecule has 0 aromatic heterocycles. The fraction of sp³-hybridized carbons (Fsp3) is 0.200. The van der Waals surface area contributed by atoms with Gasteiger partial charge >= 0.3 is 5.97 Å². The molecule has 23 heavy (non-hydrogen) atoms. The zero-order valence-electron chi connectivity index (χ0n) is 12.7. The molecule has 2 aromatic carbocycles. The Morgan fingerprint density at radius 3 is 2.43 bits per heavy atom. The first-order valence-electron chi connectivity index (χ1n) is 6.58. The second-order valence-electron chi connectivity index (χ2n) is 4.45. The molecule has 0 aliphatic carbocycles. The number of nitrogens with one attached hydrogen (secondary N) is 1. The minimum absolute atomic E-state index is 0.218. The highest BCUT2D eigenvalue weighted by atomic mass is 32.2. The summed E-state index contributed by atoms with van der Waals surface area (Å²) in [5.41, 5.74) is 0.417. The number of benzene rings is 2. The predicted molar refractivity (Wildman–Crippen MR) is 84.6 cm³/mol. The van der Waals surface area contributed by atoms with Crippen LogP contribution in [0.25, 0.3) is 10.8 Å². The van der Waals surface area contributed by atoms with E-state index in [1.165, 1.54) is 21.0 Å². The van der Waals surface area contributed by atoms with E-state index in [4.69, 9.17) is 9.07 Å². The molecule has 0 atom stereocenters. The number of hydrogen-bond donors (Lipinski definition) is 1. The van der Waals surface area contributed by atoms with Crippen LogP contribution < -0.4 is 10.1 Å². The van der Waals surface area contributed by atoms with Gasteiger partial charge in [-0.15, -0.1) is 4.33 Å². The first-order valence-corrected chi connectivity index (χ1v) is 7.33. The zero-order chi connectivity index (χ0) is 16.8. The van der Waals surface area contributed by atoms with Gasteiger partial charge in [0.1, 0.15) is 0 Å². The van der Waals surface area contributed by atoms with Gasteiger partial charge in [0.05, 0.1) is 29.7 Å². The maximum atomic E-state index is 11.5. The van der Waals surface area contributed by atoms with Crippen molar-refractivity contribution in [3.05, 3.63) is 30.3 Å². The van der Waals surface area contributed by atoms with E-state index >= 15 is 0 Å². The molecule has 0 spiro atoms. The third-order valence-electron chi connectivity index (χ3n) is 2.74. The molecule has 0 aliphatic rings. The molecule has 0 bridgehead atoms. The molecule has 0 fully saturated rings. The number of hydrogen-bond acceptors (Lipinski definition) is 7. The Morgan fingerprint density at radius 2 is 1.83 bits per heavy atom. The largest absolute Gasteiger partial charge is 0.424 e. The average Bonchev–Trinajstić information content (AvgIpc) is 2.50. The van der Waals surface area contributed by atoms with Gasteiger partial charge in [0.25, 0.3) is 0 Å². The second kappa shape index (κ2) is 7.93. The van der Waals surface area contributed by atoms with Crippen LogP contribution in [0.5, 0.6) is 5.75 Å². The Bertz CT molecular complexity index is 733. The van der Waals surface area contributed by atoms with Crippen LogP contribution in [0.1, 0.15) is 13.8 Å². The van der Waals surface area contributed by atoms with Crippen molar-refractivity contribution in [1.82, 2.24) is 0 Å². The van der Waals surface area contributed by atoms with E-state index in [-0.39, 0.29) is 11.7 Å². The summed E-state index contributed by atoms with van der Waals surface area (Å²) in [6.45, 7) is 2.66. The zero-order valence-corrected chi connectivity index (χ0v) is 13.6. The molecular formula is C15H15NO6S. The Balaban J connectivity index is 2.58. The highest BCUT2D eigenvalue weighted by Crippen LogP contribution is 2.40. The lowest BCUT2D eigenvalue weighted by Gasteiger charge is -2.15. The van der Waals surface area contributed by atoms with Gasteiger partial charge in [0.15, 0.2) is 5.75 Å². The smallest absolute Gasteiger partial charge is 0.308 e. The first kappa shape index (κ1) is 17.2. The third kappa shape index (κ3) is 4.42. The monoisotopic (exact) mass is 337 g/mol. The van der Waals surface area contributed by atoms with Crippen molar-refractivity contribution in [2.45, 2.75) is 18.7 Å². The van der Waals surface area contributed by atoms with E-state index in [9.17, 15) is 9.59 Å². The van der Waals surface area contributed by atoms with E-state index in [1.54, 1.807) is 12.1 Å². The van der Waals surface area contributed by atoms with E-state index in [0.29, 0.717) is 16.0 Å². The van der Waals surface area contributed by atoms with Crippen molar-refractivity contribution in [3.8, 4) is 5.75 Å². The molecule has 0 aliphatic heterocycles. The van der Waals surface area contributed by atoms with Gasteiger partial charge in [0.2, 0.25) is 5.91 Å². The molecular weight excluding hydrogens is 322 g/mol. The molecule has 8 heteroatoms. The summed E-state index contributed by atoms with van der Waals surface area (Å²) in [5.74, 6) is -0.560. The number of amides is 1. The lowest BCUT2D eigenvalue weighted by Crippen LogP contribution is -2.10. The summed E-state index contributed by atoms with van der Waals surface area (Å²) >= 11 is 0.892. The number of ether oxygens (including phenoxy) is 1. The summed E-state index contributed by atoms with van der Waals surface area (Å²) in [6.07, 6.45) is 0. The van der Waals surface area contributed by atoms with Crippen LogP contribution in [-0.2, 0) is 23.8 Å². The Hall–Kier alpha value is -2.13. The fourth-order valence-corrected chi connectivity index (χ4v) is 2.58. The van der Waals surface area contributed by atoms with Crippen LogP contribution in [0.2, 0.25) is 0 Å². The molecule has 122 valence electrons. The summed E-state index contributed by atoms with van der Waals surface area (Å²) < 4.78 is 10.0. The average molecular weight is 337 g/mol. The van der Waals surface area contributed by atoms with Crippen LogP contribution >= 0.6 is 12.0 Å². The first-order chi connectivity index (χ1) is 11.0. The third-order valence-corrected chi connectivity index (χ3v) is 3.39. The van der Waals surface area contributed by atoms with Gasteiger partial charge in [-0.05, 0) is 6.07 Å². The number of esters is 1. The standard InChI is InChI=1S/C15H15NO6S/c1-9(17)16-15-12-7-5-4-6-11(12)14(23-22-21-19-3)8-13(15)20-10(2)18/h4-8H,1-3H3,(H,16,17). The summed E-state index contributed by atoms with van der Waals surface area (Å²) in [7, 11) is 1.31. The maximum absolute atomic E-state index is 11.5. The number of rotatable bonds is 6. The van der Waals surface area contributed by atoms with Crippen LogP contribution in [0.4, 0.5) is 5.69 Å². The maximum Gasteiger partial charge on any atom is 0.308 e. The Kier molecular flexibility index (Phi) is 5.94. The lowest BCUT2D eigenvalue weighted by atomic mass is 10.1. The highest BCUT2D eigenvalue weighted by Gasteiger charge is 2.16. The van der Waals surface area contributed by atoms with Crippen molar-refractivity contribution in [2.24, 2.45) is 0 Å². The number of anilines is 1. The van der Waals surface area contributed by atoms with E-state index in [0.717, 1.165) is 17.4 Å². The number of fused-ring (bicyclic) bond motifs is 1. The minimum atomic E-state index is -0.503. The van der Waals surface area contributed by atoms with Crippen molar-refractivity contribution < 1.29 is 28.6 Å². The predicted octanol–water partition coefficient (Wildman–Crippen LogP) is 3.24. The van der Waals surface area contributed by atoms with Gasteiger partial charge in [-0.25, -0.2) is 4.89 Å². The van der Waals surface area contributed by atoms with Gasteiger partial charge in [-0.1, -0.05) is 29.3 Å². The summed E-state index contributed by atoms with van der Waals surface area (Å²) in [5, 5.41) is 8.57. The minimum Gasteiger partial charge on any atom is -0.424 e. The topological polar surface area (TPSA) is 83.1 Å². The van der Waals surface area contributed by atoms with E-state index in [2.05, 4.69) is 15.2 Å².